The van der Waals surface area contributed by atoms with Crippen molar-refractivity contribution in [1.29, 1.82) is 0 Å². The number of benzene rings is 2. The number of Topliss-reactive ketones (excluding diaryl/α,β-unsaturated/α-hetero) is 1. The Balaban J connectivity index is 1.52. The van der Waals surface area contributed by atoms with Gasteiger partial charge in [0, 0.05) is 46.7 Å². The van der Waals surface area contributed by atoms with Crippen LogP contribution in [0.5, 0.6) is 0 Å². The third kappa shape index (κ3) is 5.51. The van der Waals surface area contributed by atoms with E-state index in [2.05, 4.69) is 15.0 Å². The van der Waals surface area contributed by atoms with Crippen LogP contribution in [0.3, 0.4) is 0 Å². The SMILES string of the molecule is CCOC(=O)CCc1c(/C=C2\C(=O)Nc3ccc(NS(=O)(=O)c4ccccc4)cc32)[nH]c2c1C(=O)CCCC2. The van der Waals surface area contributed by atoms with Crippen molar-refractivity contribution in [3.63, 3.8) is 0 Å². The Labute approximate surface area is 226 Å². The van der Waals surface area contributed by atoms with Crippen LogP contribution in [-0.4, -0.2) is 37.7 Å². The first-order valence-electron chi connectivity index (χ1n) is 12.9. The van der Waals surface area contributed by atoms with Crippen LogP contribution in [0.15, 0.2) is 53.4 Å². The van der Waals surface area contributed by atoms with Crippen molar-refractivity contribution in [2.75, 3.05) is 16.6 Å². The summed E-state index contributed by atoms with van der Waals surface area (Å²) < 4.78 is 33.4. The van der Waals surface area contributed by atoms with Gasteiger partial charge in [-0.25, -0.2) is 8.42 Å². The second-order valence-corrected chi connectivity index (χ2v) is 11.2. The molecule has 1 aliphatic carbocycles. The van der Waals surface area contributed by atoms with E-state index in [1.807, 2.05) is 0 Å². The van der Waals surface area contributed by atoms with Crippen molar-refractivity contribution < 1.29 is 27.5 Å². The predicted octanol–water partition coefficient (Wildman–Crippen LogP) is 4.71. The zero-order valence-electron chi connectivity index (χ0n) is 21.5. The van der Waals surface area contributed by atoms with Crippen LogP contribution < -0.4 is 10.0 Å². The molecule has 3 aromatic rings. The molecule has 2 aliphatic rings. The Morgan fingerprint density at radius 3 is 2.62 bits per heavy atom. The zero-order chi connectivity index (χ0) is 27.6. The Kier molecular flexibility index (Phi) is 7.38. The molecule has 0 saturated carbocycles. The maximum Gasteiger partial charge on any atom is 0.306 e. The summed E-state index contributed by atoms with van der Waals surface area (Å²) in [5, 5.41) is 2.82. The first kappa shape index (κ1) is 26.4. The summed E-state index contributed by atoms with van der Waals surface area (Å²) in [6.07, 6.45) is 4.87. The van der Waals surface area contributed by atoms with Crippen LogP contribution in [0.2, 0.25) is 0 Å². The molecule has 9 nitrogen and oxygen atoms in total. The van der Waals surface area contributed by atoms with Crippen LogP contribution >= 0.6 is 0 Å². The molecular weight excluding hydrogens is 518 g/mol. The largest absolute Gasteiger partial charge is 0.466 e. The third-order valence-corrected chi connectivity index (χ3v) is 8.25. The summed E-state index contributed by atoms with van der Waals surface area (Å²) in [6.45, 7) is 2.01. The lowest BCUT2D eigenvalue weighted by molar-refractivity contribution is -0.143. The van der Waals surface area contributed by atoms with Gasteiger partial charge >= 0.3 is 5.97 Å². The highest BCUT2D eigenvalue weighted by Gasteiger charge is 2.29. The molecule has 0 saturated heterocycles. The fraction of sp³-hybridized carbons (Fsp3) is 0.276. The maximum atomic E-state index is 13.0. The number of nitrogens with one attached hydrogen (secondary N) is 3. The first-order chi connectivity index (χ1) is 18.8. The lowest BCUT2D eigenvalue weighted by Crippen LogP contribution is -2.12. The van der Waals surface area contributed by atoms with E-state index in [4.69, 9.17) is 4.74 Å². The van der Waals surface area contributed by atoms with Gasteiger partial charge in [-0.15, -0.1) is 0 Å². The number of carbonyl (C=O) groups excluding carboxylic acids is 3. The van der Waals surface area contributed by atoms with Crippen molar-refractivity contribution in [3.8, 4) is 0 Å². The van der Waals surface area contributed by atoms with Gasteiger partial charge in [0.05, 0.1) is 17.1 Å². The molecule has 0 unspecified atom stereocenters. The average Bonchev–Trinajstić information content (AvgIpc) is 3.35. The third-order valence-electron chi connectivity index (χ3n) is 6.86. The van der Waals surface area contributed by atoms with Gasteiger partial charge in [-0.3, -0.25) is 19.1 Å². The van der Waals surface area contributed by atoms with E-state index in [1.54, 1.807) is 49.4 Å². The number of H-pyrrole nitrogens is 1. The molecule has 0 atom stereocenters. The summed E-state index contributed by atoms with van der Waals surface area (Å²) in [6, 6.07) is 12.9. The second-order valence-electron chi connectivity index (χ2n) is 9.50. The molecule has 1 aliphatic heterocycles. The van der Waals surface area contributed by atoms with E-state index in [-0.39, 0.29) is 35.6 Å². The van der Waals surface area contributed by atoms with Gasteiger partial charge in [0.15, 0.2) is 5.78 Å². The van der Waals surface area contributed by atoms with Gasteiger partial charge in [0.2, 0.25) is 0 Å². The van der Waals surface area contributed by atoms with E-state index in [1.165, 1.54) is 12.1 Å². The number of fused-ring (bicyclic) bond motifs is 2. The Morgan fingerprint density at radius 1 is 1.08 bits per heavy atom. The highest BCUT2D eigenvalue weighted by atomic mass is 32.2. The van der Waals surface area contributed by atoms with Gasteiger partial charge in [0.25, 0.3) is 15.9 Å². The van der Waals surface area contributed by atoms with Crippen LogP contribution in [0.25, 0.3) is 11.6 Å². The monoisotopic (exact) mass is 547 g/mol. The number of aryl methyl sites for hydroxylation is 1. The molecule has 202 valence electrons. The Morgan fingerprint density at radius 2 is 1.85 bits per heavy atom. The van der Waals surface area contributed by atoms with Crippen molar-refractivity contribution in [3.05, 3.63) is 76.6 Å². The van der Waals surface area contributed by atoms with Crippen molar-refractivity contribution in [2.45, 2.75) is 50.3 Å². The molecule has 1 amide bonds. The minimum atomic E-state index is -3.82. The minimum absolute atomic E-state index is 0.0242. The number of sulfonamides is 1. The summed E-state index contributed by atoms with van der Waals surface area (Å²) >= 11 is 0. The van der Waals surface area contributed by atoms with E-state index in [0.717, 1.165) is 18.5 Å². The van der Waals surface area contributed by atoms with Crippen LogP contribution in [0.1, 0.15) is 65.5 Å². The number of aromatic nitrogens is 1. The smallest absolute Gasteiger partial charge is 0.306 e. The number of rotatable bonds is 8. The number of hydrogen-bond acceptors (Lipinski definition) is 6. The molecule has 0 fully saturated rings. The van der Waals surface area contributed by atoms with E-state index in [0.29, 0.717) is 58.6 Å². The summed E-state index contributed by atoms with van der Waals surface area (Å²) in [4.78, 5) is 41.6. The minimum Gasteiger partial charge on any atom is -0.466 e. The van der Waals surface area contributed by atoms with E-state index in [9.17, 15) is 22.8 Å². The number of esters is 1. The van der Waals surface area contributed by atoms with Crippen molar-refractivity contribution in [1.82, 2.24) is 4.98 Å². The van der Waals surface area contributed by atoms with Crippen LogP contribution in [0, 0.1) is 0 Å². The fourth-order valence-corrected chi connectivity index (χ4v) is 6.12. The predicted molar refractivity (Wildman–Crippen MR) is 148 cm³/mol. The molecule has 0 spiro atoms. The number of ketones is 1. The molecule has 2 heterocycles. The number of amides is 1. The molecular formula is C29H29N3O6S. The molecule has 1 aromatic heterocycles. The molecule has 0 bridgehead atoms. The van der Waals surface area contributed by atoms with Crippen LogP contribution in [-0.2, 0) is 37.2 Å². The van der Waals surface area contributed by atoms with Gasteiger partial charge in [-0.2, -0.15) is 0 Å². The molecule has 3 N–H and O–H groups in total. The number of hydrogen-bond donors (Lipinski definition) is 3. The van der Waals surface area contributed by atoms with Gasteiger partial charge in [-0.05, 0) is 74.6 Å². The number of ether oxygens (including phenoxy) is 1. The van der Waals surface area contributed by atoms with Gasteiger partial charge in [-0.1, -0.05) is 18.2 Å². The molecule has 5 rings (SSSR count). The van der Waals surface area contributed by atoms with Crippen LogP contribution in [0.4, 0.5) is 11.4 Å². The normalized spacial score (nSPS) is 15.9. The number of aromatic amines is 1. The number of carbonyl (C=O) groups is 3. The summed E-state index contributed by atoms with van der Waals surface area (Å²) in [7, 11) is -3.82. The quantitative estimate of drug-likeness (QED) is 0.212. The van der Waals surface area contributed by atoms with E-state index >= 15 is 0 Å². The average molecular weight is 548 g/mol. The van der Waals surface area contributed by atoms with E-state index < -0.39 is 10.0 Å². The number of anilines is 2. The first-order valence-corrected chi connectivity index (χ1v) is 14.4. The molecule has 0 radical (unpaired) electrons. The zero-order valence-corrected chi connectivity index (χ0v) is 22.3. The van der Waals surface area contributed by atoms with Crippen molar-refractivity contribution >= 4 is 50.7 Å². The highest BCUT2D eigenvalue weighted by Crippen LogP contribution is 2.37. The summed E-state index contributed by atoms with van der Waals surface area (Å²) in [5.74, 6) is -0.678. The molecule has 10 heteroatoms. The summed E-state index contributed by atoms with van der Waals surface area (Å²) in [5.41, 5.74) is 4.41. The molecule has 39 heavy (non-hydrogen) atoms. The lowest BCUT2D eigenvalue weighted by atomic mass is 9.97. The lowest BCUT2D eigenvalue weighted by Gasteiger charge is -2.10. The Bertz CT molecular complexity index is 1590. The Hall–Kier alpha value is -4.18. The standard InChI is InChI=1S/C29H29N3O6S/c1-2-38-27(34)15-13-20-25(30-24-10-6-7-11-26(33)28(20)24)17-22-21-16-18(12-14-23(21)31-29(22)35)32-39(36,37)19-8-4-3-5-9-19/h3-5,8-9,12,14,16-17,30,32H,2,6-7,10-11,13,15H2,1H3,(H,31,35)/b22-17-. The van der Waals surface area contributed by atoms with Gasteiger partial charge < -0.3 is 15.0 Å². The highest BCUT2D eigenvalue weighted by molar-refractivity contribution is 7.92. The van der Waals surface area contributed by atoms with Crippen molar-refractivity contribution in [2.24, 2.45) is 0 Å². The fourth-order valence-electron chi connectivity index (χ4n) is 5.05. The maximum absolute atomic E-state index is 13.0. The molecule has 2 aromatic carbocycles. The topological polar surface area (TPSA) is 134 Å². The van der Waals surface area contributed by atoms with Gasteiger partial charge in [0.1, 0.15) is 0 Å². The second kappa shape index (κ2) is 10.9.